The highest BCUT2D eigenvalue weighted by Gasteiger charge is 2.28. The fourth-order valence-corrected chi connectivity index (χ4v) is 9.57. The van der Waals surface area contributed by atoms with Crippen LogP contribution >= 0.6 is 7.82 Å². The van der Waals surface area contributed by atoms with E-state index in [0.717, 1.165) is 135 Å². The maximum Gasteiger partial charge on any atom is 0.472 e. The zero-order valence-electron chi connectivity index (χ0n) is 52.2. The molecule has 0 fully saturated rings. The lowest BCUT2D eigenvalue weighted by atomic mass is 10.0. The number of esters is 3. The van der Waals surface area contributed by atoms with Gasteiger partial charge in [0, 0.05) is 19.3 Å². The molecular formula is C70H119O11P. The van der Waals surface area contributed by atoms with Crippen LogP contribution in [0.5, 0.6) is 0 Å². The molecule has 0 aromatic rings. The van der Waals surface area contributed by atoms with Gasteiger partial charge in [0.05, 0.1) is 19.8 Å². The number of carbonyl (C=O) groups excluding carboxylic acids is 3. The fraction of sp³-hybridized carbons (Fsp3) is 0.700. The second-order valence-corrected chi connectivity index (χ2v) is 23.0. The van der Waals surface area contributed by atoms with Crippen LogP contribution in [-0.4, -0.2) is 66.5 Å². The van der Waals surface area contributed by atoms with Crippen LogP contribution in [0.1, 0.15) is 278 Å². The van der Waals surface area contributed by atoms with Crippen molar-refractivity contribution in [2.45, 2.75) is 290 Å². The Morgan fingerprint density at radius 3 is 0.988 bits per heavy atom. The number of unbranched alkanes of at least 4 members (excludes halogenated alkanes) is 25. The molecule has 82 heavy (non-hydrogen) atoms. The molecule has 470 valence electrons. The van der Waals surface area contributed by atoms with Gasteiger partial charge in [0.15, 0.2) is 6.10 Å². The van der Waals surface area contributed by atoms with Crippen molar-refractivity contribution in [1.82, 2.24) is 0 Å². The number of hydrogen-bond acceptors (Lipinski definition) is 10. The minimum absolute atomic E-state index is 0.121. The van der Waals surface area contributed by atoms with Crippen molar-refractivity contribution in [3.63, 3.8) is 0 Å². The molecule has 12 heteroatoms. The van der Waals surface area contributed by atoms with Crippen molar-refractivity contribution in [1.29, 1.82) is 0 Å². The van der Waals surface area contributed by atoms with Gasteiger partial charge in [0.25, 0.3) is 0 Å². The Hall–Kier alpha value is -3.86. The third kappa shape index (κ3) is 60.7. The Balaban J connectivity index is 4.77. The van der Waals surface area contributed by atoms with Gasteiger partial charge in [-0.15, -0.1) is 0 Å². The molecule has 3 atom stereocenters. The second kappa shape index (κ2) is 63.2. The minimum atomic E-state index is -4.77. The summed E-state index contributed by atoms with van der Waals surface area (Å²) in [5.41, 5.74) is 0. The van der Waals surface area contributed by atoms with E-state index in [4.69, 9.17) is 23.3 Å². The molecule has 0 aliphatic carbocycles. The SMILES string of the molecule is CC/C=C\C/C=C\C/C=C\C/C=C\C/C=C\CCCCCC(=O)OC(COC(=O)CCCCCCCC/C=C\C/C=C\C/C=C\C/C=C\CC)COP(=O)(O)OCC(CO)OC(=O)CCCCCCCCCCCCCCCCCCC. The van der Waals surface area contributed by atoms with Gasteiger partial charge in [-0.3, -0.25) is 23.4 Å². The maximum absolute atomic E-state index is 13.0. The number of ether oxygens (including phenoxy) is 3. The normalized spacial score (nSPS) is 14.0. The molecule has 0 radical (unpaired) electrons. The van der Waals surface area contributed by atoms with Gasteiger partial charge in [-0.05, 0) is 103 Å². The first-order valence-corrected chi connectivity index (χ1v) is 34.3. The first-order valence-electron chi connectivity index (χ1n) is 32.8. The van der Waals surface area contributed by atoms with Crippen molar-refractivity contribution in [2.24, 2.45) is 0 Å². The summed E-state index contributed by atoms with van der Waals surface area (Å²) in [6.45, 7) is 4.40. The molecule has 0 aromatic carbocycles. The third-order valence-corrected chi connectivity index (χ3v) is 14.6. The largest absolute Gasteiger partial charge is 0.472 e. The van der Waals surface area contributed by atoms with Gasteiger partial charge in [-0.25, -0.2) is 4.57 Å². The number of aliphatic hydroxyl groups is 1. The zero-order chi connectivity index (χ0) is 59.8. The summed E-state index contributed by atoms with van der Waals surface area (Å²) in [4.78, 5) is 48.8. The lowest BCUT2D eigenvalue weighted by Gasteiger charge is -2.21. The predicted octanol–water partition coefficient (Wildman–Crippen LogP) is 20.1. The molecule has 0 spiro atoms. The third-order valence-electron chi connectivity index (χ3n) is 13.7. The maximum atomic E-state index is 13.0. The Labute approximate surface area is 501 Å². The van der Waals surface area contributed by atoms with Gasteiger partial charge in [-0.1, -0.05) is 265 Å². The Morgan fingerprint density at radius 1 is 0.354 bits per heavy atom. The number of rotatable bonds is 60. The highest BCUT2D eigenvalue weighted by atomic mass is 31.2. The first-order chi connectivity index (χ1) is 40.2. The molecule has 0 rings (SSSR count). The molecule has 11 nitrogen and oxygen atoms in total. The lowest BCUT2D eigenvalue weighted by molar-refractivity contribution is -0.161. The molecule has 2 N–H and O–H groups in total. The molecule has 0 bridgehead atoms. The van der Waals surface area contributed by atoms with E-state index in [2.05, 4.69) is 130 Å². The van der Waals surface area contributed by atoms with Crippen molar-refractivity contribution in [3.05, 3.63) is 109 Å². The molecule has 0 heterocycles. The summed E-state index contributed by atoms with van der Waals surface area (Å²) < 4.78 is 39.7. The van der Waals surface area contributed by atoms with E-state index in [-0.39, 0.29) is 25.9 Å². The van der Waals surface area contributed by atoms with Crippen LogP contribution < -0.4 is 0 Å². The topological polar surface area (TPSA) is 155 Å². The Kier molecular flexibility index (Phi) is 60.2. The van der Waals surface area contributed by atoms with Crippen molar-refractivity contribution in [3.8, 4) is 0 Å². The number of hydrogen-bond donors (Lipinski definition) is 2. The molecule has 0 aliphatic rings. The molecule has 0 saturated carbocycles. The summed E-state index contributed by atoms with van der Waals surface area (Å²) >= 11 is 0. The van der Waals surface area contributed by atoms with Crippen molar-refractivity contribution >= 4 is 25.7 Å². The summed E-state index contributed by atoms with van der Waals surface area (Å²) in [7, 11) is -4.77. The molecular weight excluding hydrogens is 1050 g/mol. The van der Waals surface area contributed by atoms with Gasteiger partial charge in [0.1, 0.15) is 12.7 Å². The number of allylic oxidation sites excluding steroid dienone is 18. The molecule has 0 amide bonds. The summed E-state index contributed by atoms with van der Waals surface area (Å²) in [6.07, 6.45) is 77.5. The van der Waals surface area contributed by atoms with Gasteiger partial charge in [-0.2, -0.15) is 0 Å². The van der Waals surface area contributed by atoms with Gasteiger partial charge < -0.3 is 24.2 Å². The van der Waals surface area contributed by atoms with E-state index in [1.807, 2.05) is 0 Å². The predicted molar refractivity (Wildman–Crippen MR) is 343 cm³/mol. The summed E-state index contributed by atoms with van der Waals surface area (Å²) in [5.74, 6) is -1.52. The van der Waals surface area contributed by atoms with E-state index < -0.39 is 57.8 Å². The number of aliphatic hydroxyl groups excluding tert-OH is 1. The molecule has 0 saturated heterocycles. The number of phosphoric acid groups is 1. The summed E-state index contributed by atoms with van der Waals surface area (Å²) in [6, 6.07) is 0. The Bertz CT molecular complexity index is 1790. The number of phosphoric ester groups is 1. The Morgan fingerprint density at radius 2 is 0.634 bits per heavy atom. The monoisotopic (exact) mass is 1170 g/mol. The van der Waals surface area contributed by atoms with Crippen LogP contribution in [0.2, 0.25) is 0 Å². The van der Waals surface area contributed by atoms with Crippen LogP contribution in [-0.2, 0) is 42.2 Å². The minimum Gasteiger partial charge on any atom is -0.462 e. The van der Waals surface area contributed by atoms with Crippen molar-refractivity contribution in [2.75, 3.05) is 26.4 Å². The second-order valence-electron chi connectivity index (χ2n) is 21.5. The molecule has 0 aromatic heterocycles. The van der Waals surface area contributed by atoms with E-state index in [0.29, 0.717) is 19.3 Å². The molecule has 3 unspecified atom stereocenters. The highest BCUT2D eigenvalue weighted by molar-refractivity contribution is 7.47. The van der Waals surface area contributed by atoms with Crippen LogP contribution in [0.4, 0.5) is 0 Å². The molecule has 0 aliphatic heterocycles. The lowest BCUT2D eigenvalue weighted by Crippen LogP contribution is -2.30. The zero-order valence-corrected chi connectivity index (χ0v) is 53.1. The van der Waals surface area contributed by atoms with Crippen LogP contribution in [0, 0.1) is 0 Å². The first kappa shape index (κ1) is 78.1. The van der Waals surface area contributed by atoms with Gasteiger partial charge >= 0.3 is 25.7 Å². The standard InChI is InChI=1S/C70H119O11P/c1-4-7-10-13-16-19-22-25-28-31-33-36-38-41-44-47-50-53-56-59-68(72)77-63-67(81-70(74)61-58-55-52-49-46-43-40-37-34-32-29-26-23-20-17-14-11-8-5-2)65-79-82(75,76)78-64-66(62-71)80-69(73)60-57-54-51-48-45-42-39-35-30-27-24-21-18-15-12-9-6-3/h7-8,10-11,16-17,19-20,25-26,28-29,33-34,36-37,43,46,66-67,71H,4-6,9,12-15,18,21-24,27,30-32,35,38-42,44-45,47-65H2,1-3H3,(H,75,76)/b10-7-,11-8-,19-16-,20-17-,28-25-,29-26-,36-33-,37-34-,46-43-. The van der Waals surface area contributed by atoms with Gasteiger partial charge in [0.2, 0.25) is 0 Å². The van der Waals surface area contributed by atoms with Crippen LogP contribution in [0.3, 0.4) is 0 Å². The smallest absolute Gasteiger partial charge is 0.462 e. The average molecular weight is 1170 g/mol. The van der Waals surface area contributed by atoms with E-state index in [1.165, 1.54) is 83.5 Å². The van der Waals surface area contributed by atoms with E-state index in [9.17, 15) is 28.9 Å². The van der Waals surface area contributed by atoms with Crippen molar-refractivity contribution < 1.29 is 52.2 Å². The average Bonchev–Trinajstić information content (AvgIpc) is 3.50. The van der Waals surface area contributed by atoms with E-state index >= 15 is 0 Å². The number of carbonyl (C=O) groups is 3. The highest BCUT2D eigenvalue weighted by Crippen LogP contribution is 2.43. The summed E-state index contributed by atoms with van der Waals surface area (Å²) in [5, 5.41) is 9.87. The fourth-order valence-electron chi connectivity index (χ4n) is 8.79. The van der Waals surface area contributed by atoms with Crippen LogP contribution in [0.25, 0.3) is 0 Å². The van der Waals surface area contributed by atoms with Crippen LogP contribution in [0.15, 0.2) is 109 Å². The van der Waals surface area contributed by atoms with E-state index in [1.54, 1.807) is 0 Å². The quantitative estimate of drug-likeness (QED) is 0.0197.